The van der Waals surface area contributed by atoms with Crippen molar-refractivity contribution in [2.45, 2.75) is 29.5 Å². The van der Waals surface area contributed by atoms with Crippen molar-refractivity contribution in [3.8, 4) is 0 Å². The van der Waals surface area contributed by atoms with E-state index in [4.69, 9.17) is 0 Å². The number of fused-ring (bicyclic) bond motifs is 1. The van der Waals surface area contributed by atoms with E-state index in [9.17, 15) is 14.0 Å². The molecule has 1 saturated heterocycles. The van der Waals surface area contributed by atoms with Crippen LogP contribution in [-0.2, 0) is 4.79 Å². The Labute approximate surface area is 166 Å². The van der Waals surface area contributed by atoms with Gasteiger partial charge in [-0.2, -0.15) is 0 Å². The first kappa shape index (κ1) is 18.6. The minimum Gasteiger partial charge on any atom is -0.278 e. The van der Waals surface area contributed by atoms with E-state index in [0.717, 1.165) is 28.8 Å². The third-order valence-corrected chi connectivity index (χ3v) is 6.01. The number of imide groups is 1. The Hall–Kier alpha value is -2.80. The first-order chi connectivity index (χ1) is 13.6. The highest BCUT2D eigenvalue weighted by molar-refractivity contribution is 8.00. The second kappa shape index (κ2) is 8.06. The van der Waals surface area contributed by atoms with Crippen LogP contribution in [-0.4, -0.2) is 38.5 Å². The molecule has 0 N–H and O–H groups in total. The summed E-state index contributed by atoms with van der Waals surface area (Å²) in [5.74, 6) is -1.02. The molecule has 1 aromatic heterocycles. The molecule has 2 amide bonds. The van der Waals surface area contributed by atoms with Gasteiger partial charge in [0.25, 0.3) is 5.91 Å². The van der Waals surface area contributed by atoms with Crippen molar-refractivity contribution < 1.29 is 14.0 Å². The van der Waals surface area contributed by atoms with Crippen molar-refractivity contribution in [3.63, 3.8) is 0 Å². The fourth-order valence-electron chi connectivity index (χ4n) is 3.28. The lowest BCUT2D eigenvalue weighted by atomic mass is 10.2. The maximum atomic E-state index is 13.2. The first-order valence-electron chi connectivity index (χ1n) is 9.11. The van der Waals surface area contributed by atoms with Crippen molar-refractivity contribution in [2.75, 3.05) is 6.54 Å². The standard InChI is InChI=1S/C21H18FN3O2S/c22-15-10-8-14(9-11-15)20(26)25-12-4-3-7-18(21(25)27)28-19-16-5-1-2-6-17(16)23-13-24-19/h1-2,5-6,8-11,13,18H,3-4,7,12H2/t18-/m0/s1. The minimum absolute atomic E-state index is 0.223. The molecule has 7 heteroatoms. The summed E-state index contributed by atoms with van der Waals surface area (Å²) < 4.78 is 13.2. The number of carbonyl (C=O) groups excluding carboxylic acids is 2. The molecule has 0 spiro atoms. The molecule has 2 heterocycles. The lowest BCUT2D eigenvalue weighted by Gasteiger charge is -2.22. The molecule has 0 bridgehead atoms. The van der Waals surface area contributed by atoms with Crippen LogP contribution in [0.25, 0.3) is 10.9 Å². The van der Waals surface area contributed by atoms with E-state index in [0.29, 0.717) is 18.5 Å². The summed E-state index contributed by atoms with van der Waals surface area (Å²) in [6, 6.07) is 12.9. The van der Waals surface area contributed by atoms with Gasteiger partial charge in [-0.25, -0.2) is 14.4 Å². The zero-order valence-corrected chi connectivity index (χ0v) is 15.9. The Kier molecular flexibility index (Phi) is 5.34. The van der Waals surface area contributed by atoms with E-state index in [1.165, 1.54) is 47.3 Å². The topological polar surface area (TPSA) is 63.2 Å². The summed E-state index contributed by atoms with van der Waals surface area (Å²) in [6.45, 7) is 0.372. The maximum absolute atomic E-state index is 13.2. The number of likely N-dealkylation sites (tertiary alicyclic amines) is 1. The Morgan fingerprint density at radius 2 is 1.86 bits per heavy atom. The van der Waals surface area contributed by atoms with Crippen LogP contribution < -0.4 is 0 Å². The van der Waals surface area contributed by atoms with Crippen molar-refractivity contribution in [1.29, 1.82) is 0 Å². The number of para-hydroxylation sites is 1. The second-order valence-electron chi connectivity index (χ2n) is 6.60. The third-order valence-electron chi connectivity index (χ3n) is 4.74. The highest BCUT2D eigenvalue weighted by Crippen LogP contribution is 2.33. The quantitative estimate of drug-likeness (QED) is 0.494. The van der Waals surface area contributed by atoms with Gasteiger partial charge >= 0.3 is 0 Å². The van der Waals surface area contributed by atoms with Crippen LogP contribution in [0.1, 0.15) is 29.6 Å². The van der Waals surface area contributed by atoms with Gasteiger partial charge in [-0.15, -0.1) is 0 Å². The van der Waals surface area contributed by atoms with Gasteiger partial charge in [-0.3, -0.25) is 14.5 Å². The third kappa shape index (κ3) is 3.75. The number of rotatable bonds is 3. The molecular formula is C21H18FN3O2S. The summed E-state index contributed by atoms with van der Waals surface area (Å²) in [4.78, 5) is 35.9. The van der Waals surface area contributed by atoms with Gasteiger partial charge in [0.15, 0.2) is 0 Å². The van der Waals surface area contributed by atoms with Crippen molar-refractivity contribution >= 4 is 34.5 Å². The molecular weight excluding hydrogens is 377 g/mol. The number of hydrogen-bond acceptors (Lipinski definition) is 5. The Morgan fingerprint density at radius 3 is 2.68 bits per heavy atom. The number of amides is 2. The van der Waals surface area contributed by atoms with Crippen LogP contribution in [0.2, 0.25) is 0 Å². The molecule has 5 nitrogen and oxygen atoms in total. The molecule has 0 aliphatic carbocycles. The Bertz CT molecular complexity index is 1020. The zero-order valence-electron chi connectivity index (χ0n) is 15.0. The number of halogens is 1. The van der Waals surface area contributed by atoms with Gasteiger partial charge in [-0.1, -0.05) is 36.4 Å². The molecule has 142 valence electrons. The van der Waals surface area contributed by atoms with Crippen LogP contribution in [0.4, 0.5) is 4.39 Å². The largest absolute Gasteiger partial charge is 0.278 e. The average molecular weight is 395 g/mol. The number of nitrogens with zero attached hydrogens (tertiary/aromatic N) is 3. The molecule has 28 heavy (non-hydrogen) atoms. The molecule has 1 atom stereocenters. The highest BCUT2D eigenvalue weighted by Gasteiger charge is 2.32. The number of benzene rings is 2. The van der Waals surface area contributed by atoms with E-state index in [1.54, 1.807) is 0 Å². The van der Waals surface area contributed by atoms with E-state index < -0.39 is 11.1 Å². The van der Waals surface area contributed by atoms with E-state index in [-0.39, 0.29) is 11.8 Å². The van der Waals surface area contributed by atoms with Crippen LogP contribution >= 0.6 is 11.8 Å². The molecule has 0 saturated carbocycles. The number of carbonyl (C=O) groups is 2. The summed E-state index contributed by atoms with van der Waals surface area (Å²) in [7, 11) is 0. The van der Waals surface area contributed by atoms with Crippen LogP contribution in [0.5, 0.6) is 0 Å². The zero-order chi connectivity index (χ0) is 19.5. The van der Waals surface area contributed by atoms with Crippen molar-refractivity contribution in [1.82, 2.24) is 14.9 Å². The Morgan fingerprint density at radius 1 is 1.07 bits per heavy atom. The summed E-state index contributed by atoms with van der Waals surface area (Å²) >= 11 is 1.38. The van der Waals surface area contributed by atoms with Gasteiger partial charge in [0.05, 0.1) is 10.8 Å². The molecule has 3 aromatic rings. The Balaban J connectivity index is 1.60. The molecule has 2 aromatic carbocycles. The van der Waals surface area contributed by atoms with E-state index in [1.807, 2.05) is 24.3 Å². The summed E-state index contributed by atoms with van der Waals surface area (Å²) in [6.07, 6.45) is 3.77. The monoisotopic (exact) mass is 395 g/mol. The van der Waals surface area contributed by atoms with Crippen LogP contribution in [0, 0.1) is 5.82 Å². The maximum Gasteiger partial charge on any atom is 0.260 e. The molecule has 0 radical (unpaired) electrons. The van der Waals surface area contributed by atoms with E-state index in [2.05, 4.69) is 9.97 Å². The normalized spacial score (nSPS) is 17.5. The number of thioether (sulfide) groups is 1. The highest BCUT2D eigenvalue weighted by atomic mass is 32.2. The molecule has 1 aliphatic heterocycles. The van der Waals surface area contributed by atoms with E-state index >= 15 is 0 Å². The second-order valence-corrected chi connectivity index (χ2v) is 7.79. The van der Waals surface area contributed by atoms with Crippen molar-refractivity contribution in [2.24, 2.45) is 0 Å². The smallest absolute Gasteiger partial charge is 0.260 e. The first-order valence-corrected chi connectivity index (χ1v) is 9.99. The van der Waals surface area contributed by atoms with Crippen LogP contribution in [0.3, 0.4) is 0 Å². The predicted octanol–water partition coefficient (Wildman–Crippen LogP) is 4.08. The van der Waals surface area contributed by atoms with Crippen LogP contribution in [0.15, 0.2) is 59.9 Å². The molecule has 1 fully saturated rings. The SMILES string of the molecule is O=C(c1ccc(F)cc1)N1CCCC[C@H](Sc2ncnc3ccccc23)C1=O. The van der Waals surface area contributed by atoms with Gasteiger partial charge in [0.2, 0.25) is 5.91 Å². The molecule has 4 rings (SSSR count). The average Bonchev–Trinajstić information content (AvgIpc) is 2.90. The predicted molar refractivity (Wildman–Crippen MR) is 105 cm³/mol. The van der Waals surface area contributed by atoms with Gasteiger partial charge in [0.1, 0.15) is 17.2 Å². The minimum atomic E-state index is -0.414. The number of hydrogen-bond donors (Lipinski definition) is 0. The summed E-state index contributed by atoms with van der Waals surface area (Å²) in [5.41, 5.74) is 1.13. The summed E-state index contributed by atoms with van der Waals surface area (Å²) in [5, 5.41) is 1.23. The molecule has 0 unspecified atom stereocenters. The fourth-order valence-corrected chi connectivity index (χ4v) is 4.46. The lowest BCUT2D eigenvalue weighted by molar-refractivity contribution is -0.127. The molecule has 1 aliphatic rings. The number of aromatic nitrogens is 2. The fraction of sp³-hybridized carbons (Fsp3) is 0.238. The lowest BCUT2D eigenvalue weighted by Crippen LogP contribution is -2.41. The van der Waals surface area contributed by atoms with Gasteiger partial charge in [0, 0.05) is 17.5 Å². The van der Waals surface area contributed by atoms with Gasteiger partial charge in [-0.05, 0) is 43.2 Å². The van der Waals surface area contributed by atoms with Gasteiger partial charge < -0.3 is 0 Å². The van der Waals surface area contributed by atoms with Crippen molar-refractivity contribution in [3.05, 3.63) is 66.2 Å².